The standard InChI is InChI=1S/C25H28N6O5S/c1-5-30(6-2)37(34,35)18-11-9-17(10-12-18)24(33)27-22-14-20(21-8-7-13-36-21)29-31(22)25-26-19(16(3)4)15-23(32)28-25/h7-16H,5-6H2,1-4H3,(H,27,33)(H,26,28,32). The minimum atomic E-state index is -3.65. The highest BCUT2D eigenvalue weighted by atomic mass is 32.2. The number of benzene rings is 1. The van der Waals surface area contributed by atoms with E-state index < -0.39 is 15.9 Å². The largest absolute Gasteiger partial charge is 0.463 e. The molecule has 0 bridgehead atoms. The molecule has 0 unspecified atom stereocenters. The molecule has 0 aliphatic heterocycles. The fourth-order valence-corrected chi connectivity index (χ4v) is 5.17. The van der Waals surface area contributed by atoms with E-state index in [0.29, 0.717) is 30.2 Å². The molecule has 12 heteroatoms. The van der Waals surface area contributed by atoms with E-state index in [-0.39, 0.29) is 33.7 Å². The van der Waals surface area contributed by atoms with E-state index in [2.05, 4.69) is 20.4 Å². The Morgan fingerprint density at radius 1 is 1.14 bits per heavy atom. The zero-order chi connectivity index (χ0) is 26.7. The van der Waals surface area contributed by atoms with Crippen LogP contribution in [0.5, 0.6) is 0 Å². The average molecular weight is 525 g/mol. The van der Waals surface area contributed by atoms with Gasteiger partial charge in [-0.25, -0.2) is 13.4 Å². The lowest BCUT2D eigenvalue weighted by Gasteiger charge is -2.18. The number of H-pyrrole nitrogens is 1. The molecule has 1 aromatic carbocycles. The second-order valence-electron chi connectivity index (χ2n) is 8.52. The number of aromatic amines is 1. The van der Waals surface area contributed by atoms with E-state index in [1.54, 1.807) is 32.0 Å². The van der Waals surface area contributed by atoms with E-state index in [1.807, 2.05) is 13.8 Å². The van der Waals surface area contributed by atoms with Gasteiger partial charge >= 0.3 is 0 Å². The number of hydrogen-bond acceptors (Lipinski definition) is 7. The summed E-state index contributed by atoms with van der Waals surface area (Å²) in [6, 6.07) is 12.1. The molecule has 37 heavy (non-hydrogen) atoms. The number of furan rings is 1. The SMILES string of the molecule is CCN(CC)S(=O)(=O)c1ccc(C(=O)Nc2cc(-c3ccco3)nn2-c2nc(C(C)C)cc(=O)[nH]2)cc1. The van der Waals surface area contributed by atoms with Gasteiger partial charge in [-0.3, -0.25) is 14.6 Å². The molecule has 0 spiro atoms. The Kier molecular flexibility index (Phi) is 7.41. The van der Waals surface area contributed by atoms with Gasteiger partial charge in [-0.05, 0) is 42.3 Å². The van der Waals surface area contributed by atoms with Crippen LogP contribution in [0.15, 0.2) is 68.9 Å². The summed E-state index contributed by atoms with van der Waals surface area (Å²) >= 11 is 0. The molecule has 0 aliphatic rings. The highest BCUT2D eigenvalue weighted by molar-refractivity contribution is 7.89. The molecule has 3 heterocycles. The Morgan fingerprint density at radius 3 is 2.43 bits per heavy atom. The van der Waals surface area contributed by atoms with E-state index in [4.69, 9.17) is 4.42 Å². The van der Waals surface area contributed by atoms with Crippen LogP contribution in [0.25, 0.3) is 17.4 Å². The molecule has 0 aliphatic carbocycles. The molecule has 4 rings (SSSR count). The van der Waals surface area contributed by atoms with Gasteiger partial charge in [0.2, 0.25) is 16.0 Å². The topological polar surface area (TPSA) is 143 Å². The second-order valence-corrected chi connectivity index (χ2v) is 10.5. The first-order chi connectivity index (χ1) is 17.6. The molecular weight excluding hydrogens is 496 g/mol. The van der Waals surface area contributed by atoms with Gasteiger partial charge in [-0.1, -0.05) is 27.7 Å². The number of sulfonamides is 1. The minimum absolute atomic E-state index is 0.00895. The molecular formula is C25H28N6O5S. The van der Waals surface area contributed by atoms with Crippen LogP contribution in [0, 0.1) is 0 Å². The van der Waals surface area contributed by atoms with Crippen molar-refractivity contribution in [2.24, 2.45) is 0 Å². The van der Waals surface area contributed by atoms with E-state index >= 15 is 0 Å². The summed E-state index contributed by atoms with van der Waals surface area (Å²) in [6.07, 6.45) is 1.50. The van der Waals surface area contributed by atoms with Crippen LogP contribution >= 0.6 is 0 Å². The van der Waals surface area contributed by atoms with Gasteiger partial charge in [0.25, 0.3) is 11.5 Å². The quantitative estimate of drug-likeness (QED) is 0.340. The third-order valence-corrected chi connectivity index (χ3v) is 7.79. The molecule has 0 fully saturated rings. The normalized spacial score (nSPS) is 11.8. The van der Waals surface area contributed by atoms with Gasteiger partial charge in [0.15, 0.2) is 5.76 Å². The summed E-state index contributed by atoms with van der Waals surface area (Å²) in [4.78, 5) is 32.7. The molecule has 3 aromatic heterocycles. The number of carbonyl (C=O) groups is 1. The van der Waals surface area contributed by atoms with Crippen LogP contribution in [0.3, 0.4) is 0 Å². The smallest absolute Gasteiger partial charge is 0.256 e. The molecule has 0 atom stereocenters. The molecule has 1 amide bonds. The zero-order valence-corrected chi connectivity index (χ0v) is 21.7. The predicted octanol–water partition coefficient (Wildman–Crippen LogP) is 3.62. The van der Waals surface area contributed by atoms with Crippen LogP contribution < -0.4 is 10.9 Å². The maximum Gasteiger partial charge on any atom is 0.256 e. The number of carbonyl (C=O) groups excluding carboxylic acids is 1. The molecule has 2 N–H and O–H groups in total. The number of rotatable bonds is 9. The highest BCUT2D eigenvalue weighted by Gasteiger charge is 2.22. The first-order valence-corrected chi connectivity index (χ1v) is 13.2. The van der Waals surface area contributed by atoms with E-state index in [9.17, 15) is 18.0 Å². The third kappa shape index (κ3) is 5.39. The molecule has 0 saturated heterocycles. The summed E-state index contributed by atoms with van der Waals surface area (Å²) in [5, 5.41) is 7.26. The van der Waals surface area contributed by atoms with Crippen molar-refractivity contribution in [2.45, 2.75) is 38.5 Å². The van der Waals surface area contributed by atoms with E-state index in [1.165, 1.54) is 45.6 Å². The van der Waals surface area contributed by atoms with Crippen molar-refractivity contribution in [3.63, 3.8) is 0 Å². The lowest BCUT2D eigenvalue weighted by Crippen LogP contribution is -2.30. The number of nitrogens with one attached hydrogen (secondary N) is 2. The van der Waals surface area contributed by atoms with Gasteiger partial charge in [0.05, 0.1) is 16.9 Å². The summed E-state index contributed by atoms with van der Waals surface area (Å²) in [6.45, 7) is 8.05. The summed E-state index contributed by atoms with van der Waals surface area (Å²) in [7, 11) is -3.65. The number of nitrogens with zero attached hydrogens (tertiary/aromatic N) is 4. The lowest BCUT2D eigenvalue weighted by atomic mass is 10.1. The Labute approximate surface area is 214 Å². The zero-order valence-electron chi connectivity index (χ0n) is 20.9. The lowest BCUT2D eigenvalue weighted by molar-refractivity contribution is 0.102. The number of aromatic nitrogens is 4. The average Bonchev–Trinajstić information content (AvgIpc) is 3.54. The van der Waals surface area contributed by atoms with Crippen molar-refractivity contribution in [1.29, 1.82) is 0 Å². The minimum Gasteiger partial charge on any atom is -0.463 e. The Balaban J connectivity index is 1.69. The van der Waals surface area contributed by atoms with Crippen LogP contribution in [0.2, 0.25) is 0 Å². The molecule has 0 radical (unpaired) electrons. The monoisotopic (exact) mass is 524 g/mol. The fourth-order valence-electron chi connectivity index (χ4n) is 3.71. The second kappa shape index (κ2) is 10.5. The summed E-state index contributed by atoms with van der Waals surface area (Å²) in [5.41, 5.74) is 0.865. The van der Waals surface area contributed by atoms with Crippen LogP contribution in [0.1, 0.15) is 49.7 Å². The van der Waals surface area contributed by atoms with Crippen LogP contribution in [-0.2, 0) is 10.0 Å². The number of amides is 1. The van der Waals surface area contributed by atoms with Crippen molar-refractivity contribution in [3.05, 3.63) is 76.4 Å². The van der Waals surface area contributed by atoms with Crippen molar-refractivity contribution in [3.8, 4) is 17.4 Å². The third-order valence-electron chi connectivity index (χ3n) is 5.73. The molecule has 4 aromatic rings. The highest BCUT2D eigenvalue weighted by Crippen LogP contribution is 2.25. The fraction of sp³-hybridized carbons (Fsp3) is 0.280. The molecule has 11 nitrogen and oxygen atoms in total. The van der Waals surface area contributed by atoms with E-state index in [0.717, 1.165) is 0 Å². The van der Waals surface area contributed by atoms with Gasteiger partial charge in [0, 0.05) is 30.8 Å². The van der Waals surface area contributed by atoms with Crippen molar-refractivity contribution in [1.82, 2.24) is 24.1 Å². The van der Waals surface area contributed by atoms with Gasteiger partial charge in [0.1, 0.15) is 11.5 Å². The predicted molar refractivity (Wildman–Crippen MR) is 138 cm³/mol. The number of hydrogen-bond donors (Lipinski definition) is 2. The molecule has 194 valence electrons. The van der Waals surface area contributed by atoms with Gasteiger partial charge < -0.3 is 9.73 Å². The van der Waals surface area contributed by atoms with Crippen molar-refractivity contribution in [2.75, 3.05) is 18.4 Å². The van der Waals surface area contributed by atoms with Crippen molar-refractivity contribution >= 4 is 21.7 Å². The van der Waals surface area contributed by atoms with Crippen molar-refractivity contribution < 1.29 is 17.6 Å². The Morgan fingerprint density at radius 2 is 1.84 bits per heavy atom. The Hall–Kier alpha value is -4.03. The first kappa shape index (κ1) is 26.0. The first-order valence-electron chi connectivity index (χ1n) is 11.8. The van der Waals surface area contributed by atoms with Crippen LogP contribution in [0.4, 0.5) is 5.82 Å². The Bertz CT molecular complexity index is 1550. The van der Waals surface area contributed by atoms with Gasteiger partial charge in [-0.2, -0.15) is 14.1 Å². The van der Waals surface area contributed by atoms with Gasteiger partial charge in [-0.15, -0.1) is 0 Å². The number of anilines is 1. The van der Waals surface area contributed by atoms with Crippen LogP contribution in [-0.4, -0.2) is 51.5 Å². The maximum atomic E-state index is 13.1. The summed E-state index contributed by atoms with van der Waals surface area (Å²) < 4.78 is 33.6. The molecule has 0 saturated carbocycles. The maximum absolute atomic E-state index is 13.1. The summed E-state index contributed by atoms with van der Waals surface area (Å²) in [5.74, 6) is 0.319.